The van der Waals surface area contributed by atoms with E-state index < -0.39 is 0 Å². The maximum atomic E-state index is 5.55. The van der Waals surface area contributed by atoms with Crippen molar-refractivity contribution in [3.05, 3.63) is 23.0 Å². The van der Waals surface area contributed by atoms with Gasteiger partial charge >= 0.3 is 0 Å². The quantitative estimate of drug-likeness (QED) is 0.903. The number of hydrogen-bond donors (Lipinski definition) is 1. The summed E-state index contributed by atoms with van der Waals surface area (Å²) in [5.41, 5.74) is 3.53. The number of pyridine rings is 1. The zero-order valence-electron chi connectivity index (χ0n) is 13.8. The molecule has 21 heavy (non-hydrogen) atoms. The molecule has 3 rings (SSSR count). The van der Waals surface area contributed by atoms with Crippen molar-refractivity contribution in [3.63, 3.8) is 0 Å². The molecule has 2 bridgehead atoms. The number of rotatable bonds is 5. The van der Waals surface area contributed by atoms with Crippen LogP contribution in [0.25, 0.3) is 0 Å². The molecule has 2 aliphatic carbocycles. The predicted molar refractivity (Wildman–Crippen MR) is 85.8 cm³/mol. The van der Waals surface area contributed by atoms with Crippen molar-refractivity contribution in [2.75, 3.05) is 14.2 Å². The Morgan fingerprint density at radius 2 is 2.14 bits per heavy atom. The van der Waals surface area contributed by atoms with Gasteiger partial charge in [-0.2, -0.15) is 0 Å². The highest BCUT2D eigenvalue weighted by atomic mass is 16.5. The molecule has 116 valence electrons. The van der Waals surface area contributed by atoms with Crippen LogP contribution in [-0.2, 0) is 6.42 Å². The van der Waals surface area contributed by atoms with Crippen molar-refractivity contribution in [1.82, 2.24) is 10.3 Å². The van der Waals surface area contributed by atoms with Crippen molar-refractivity contribution < 1.29 is 4.74 Å². The minimum absolute atomic E-state index is 0.555. The van der Waals surface area contributed by atoms with E-state index in [2.05, 4.69) is 31.2 Å². The number of aromatic nitrogens is 1. The van der Waals surface area contributed by atoms with Gasteiger partial charge < -0.3 is 10.1 Å². The van der Waals surface area contributed by atoms with Gasteiger partial charge in [0.1, 0.15) is 5.75 Å². The van der Waals surface area contributed by atoms with E-state index >= 15 is 0 Å². The summed E-state index contributed by atoms with van der Waals surface area (Å²) >= 11 is 0. The number of nitrogens with one attached hydrogen (secondary N) is 1. The Balaban J connectivity index is 1.78. The summed E-state index contributed by atoms with van der Waals surface area (Å²) in [6.07, 6.45) is 8.76. The van der Waals surface area contributed by atoms with Gasteiger partial charge in [0, 0.05) is 35.5 Å². The summed E-state index contributed by atoms with van der Waals surface area (Å²) in [4.78, 5) is 4.69. The molecule has 0 radical (unpaired) electrons. The topological polar surface area (TPSA) is 34.2 Å². The minimum Gasteiger partial charge on any atom is -0.496 e. The average molecular weight is 288 g/mol. The highest BCUT2D eigenvalue weighted by molar-refractivity contribution is 5.41. The summed E-state index contributed by atoms with van der Waals surface area (Å²) in [5.74, 6) is 3.78. The molecule has 1 aromatic rings. The molecular formula is C18H28N2O. The first-order chi connectivity index (χ1) is 10.1. The normalized spacial score (nSPS) is 28.9. The van der Waals surface area contributed by atoms with Crippen LogP contribution in [0, 0.1) is 31.6 Å². The van der Waals surface area contributed by atoms with Gasteiger partial charge in [0.25, 0.3) is 0 Å². The smallest absolute Gasteiger partial charge is 0.128 e. The third-order valence-electron chi connectivity index (χ3n) is 5.84. The van der Waals surface area contributed by atoms with Crippen molar-refractivity contribution in [2.45, 2.75) is 52.0 Å². The second-order valence-corrected chi connectivity index (χ2v) is 6.98. The molecule has 1 N–H and O–H groups in total. The van der Waals surface area contributed by atoms with Crippen LogP contribution in [0.3, 0.4) is 0 Å². The van der Waals surface area contributed by atoms with Crippen LogP contribution in [0.5, 0.6) is 5.75 Å². The van der Waals surface area contributed by atoms with E-state index in [0.717, 1.165) is 35.5 Å². The molecule has 1 heterocycles. The molecule has 0 aliphatic heterocycles. The number of likely N-dealkylation sites (N-methyl/N-ethyl adjacent to an activating group) is 1. The highest BCUT2D eigenvalue weighted by Gasteiger charge is 2.42. The monoisotopic (exact) mass is 288 g/mol. The van der Waals surface area contributed by atoms with Gasteiger partial charge in [-0.15, -0.1) is 0 Å². The largest absolute Gasteiger partial charge is 0.496 e. The van der Waals surface area contributed by atoms with Gasteiger partial charge in [-0.1, -0.05) is 6.42 Å². The molecule has 0 amide bonds. The van der Waals surface area contributed by atoms with Crippen LogP contribution < -0.4 is 10.1 Å². The molecule has 3 heteroatoms. The van der Waals surface area contributed by atoms with E-state index in [-0.39, 0.29) is 0 Å². The number of nitrogens with zero attached hydrogens (tertiary/aromatic N) is 1. The van der Waals surface area contributed by atoms with Crippen LogP contribution in [0.2, 0.25) is 0 Å². The minimum atomic E-state index is 0.555. The van der Waals surface area contributed by atoms with Crippen LogP contribution in [0.1, 0.15) is 42.5 Å². The first-order valence-corrected chi connectivity index (χ1v) is 8.30. The van der Waals surface area contributed by atoms with Crippen LogP contribution in [-0.4, -0.2) is 25.2 Å². The molecular weight excluding hydrogens is 260 g/mol. The van der Waals surface area contributed by atoms with Gasteiger partial charge in [-0.25, -0.2) is 0 Å². The fraction of sp³-hybridized carbons (Fsp3) is 0.722. The zero-order chi connectivity index (χ0) is 15.0. The molecule has 1 aromatic heterocycles. The number of ether oxygens (including phenoxy) is 1. The predicted octanol–water partition coefficient (Wildman–Crippen LogP) is 3.27. The van der Waals surface area contributed by atoms with E-state index in [1.165, 1.54) is 36.9 Å². The number of aryl methyl sites for hydroxylation is 1. The SMILES string of the molecule is CNC(Cc1ncc(C)c(OC)c1C)C1CC2CCC1C2. The van der Waals surface area contributed by atoms with E-state index in [1.807, 2.05) is 6.20 Å². The highest BCUT2D eigenvalue weighted by Crippen LogP contribution is 2.49. The van der Waals surface area contributed by atoms with E-state index in [4.69, 9.17) is 4.74 Å². The molecule has 0 spiro atoms. The van der Waals surface area contributed by atoms with Crippen molar-refractivity contribution >= 4 is 0 Å². The Morgan fingerprint density at radius 1 is 1.33 bits per heavy atom. The Kier molecular flexibility index (Phi) is 4.21. The Labute approximate surface area is 128 Å². The van der Waals surface area contributed by atoms with Gasteiger partial charge in [0.2, 0.25) is 0 Å². The second-order valence-electron chi connectivity index (χ2n) is 6.98. The third kappa shape index (κ3) is 2.68. The van der Waals surface area contributed by atoms with Gasteiger partial charge in [0.05, 0.1) is 7.11 Å². The summed E-state index contributed by atoms with van der Waals surface area (Å²) < 4.78 is 5.55. The van der Waals surface area contributed by atoms with Crippen LogP contribution >= 0.6 is 0 Å². The molecule has 3 nitrogen and oxygen atoms in total. The Hall–Kier alpha value is -1.09. The maximum Gasteiger partial charge on any atom is 0.128 e. The zero-order valence-corrected chi connectivity index (χ0v) is 13.8. The standard InChI is InChI=1S/C18H28N2O/c1-11-10-20-16(12(2)18(11)21-4)9-17(19-3)15-8-13-5-6-14(15)7-13/h10,13-15,17,19H,5-9H2,1-4H3. The molecule has 4 atom stereocenters. The first kappa shape index (κ1) is 14.8. The molecule has 2 saturated carbocycles. The summed E-state index contributed by atoms with van der Waals surface area (Å²) in [7, 11) is 3.86. The van der Waals surface area contributed by atoms with E-state index in [1.54, 1.807) is 7.11 Å². The van der Waals surface area contributed by atoms with Gasteiger partial charge in [0.15, 0.2) is 0 Å². The number of methoxy groups -OCH3 is 1. The lowest BCUT2D eigenvalue weighted by atomic mass is 9.81. The van der Waals surface area contributed by atoms with Crippen molar-refractivity contribution in [3.8, 4) is 5.75 Å². The van der Waals surface area contributed by atoms with Gasteiger partial charge in [-0.3, -0.25) is 4.98 Å². The maximum absolute atomic E-state index is 5.55. The Morgan fingerprint density at radius 3 is 2.71 bits per heavy atom. The molecule has 0 saturated heterocycles. The fourth-order valence-corrected chi connectivity index (χ4v) is 4.74. The third-order valence-corrected chi connectivity index (χ3v) is 5.84. The first-order valence-electron chi connectivity index (χ1n) is 8.30. The molecule has 2 fully saturated rings. The average Bonchev–Trinajstić information content (AvgIpc) is 3.10. The molecule has 0 aromatic carbocycles. The van der Waals surface area contributed by atoms with Crippen LogP contribution in [0.4, 0.5) is 0 Å². The lowest BCUT2D eigenvalue weighted by molar-refractivity contribution is 0.254. The molecule has 2 aliphatic rings. The fourth-order valence-electron chi connectivity index (χ4n) is 4.74. The lowest BCUT2D eigenvalue weighted by Gasteiger charge is -2.30. The summed E-state index contributed by atoms with van der Waals surface area (Å²) in [5, 5.41) is 3.58. The molecule has 4 unspecified atom stereocenters. The van der Waals surface area contributed by atoms with Gasteiger partial charge in [-0.05, 0) is 57.9 Å². The summed E-state index contributed by atoms with van der Waals surface area (Å²) in [6.45, 7) is 4.20. The van der Waals surface area contributed by atoms with Crippen molar-refractivity contribution in [1.29, 1.82) is 0 Å². The summed E-state index contributed by atoms with van der Waals surface area (Å²) in [6, 6.07) is 0.555. The second kappa shape index (κ2) is 5.96. The number of hydrogen-bond acceptors (Lipinski definition) is 3. The lowest BCUT2D eigenvalue weighted by Crippen LogP contribution is -2.38. The van der Waals surface area contributed by atoms with E-state index in [9.17, 15) is 0 Å². The number of fused-ring (bicyclic) bond motifs is 2. The van der Waals surface area contributed by atoms with E-state index in [0.29, 0.717) is 6.04 Å². The van der Waals surface area contributed by atoms with Crippen LogP contribution in [0.15, 0.2) is 6.20 Å². The van der Waals surface area contributed by atoms with Crippen molar-refractivity contribution in [2.24, 2.45) is 17.8 Å². The Bertz CT molecular complexity index is 514.